The van der Waals surface area contributed by atoms with Crippen molar-refractivity contribution < 1.29 is 13.2 Å². The quantitative estimate of drug-likeness (QED) is 0.727. The molecule has 76 valence electrons. The van der Waals surface area contributed by atoms with Crippen LogP contribution in [-0.4, -0.2) is 6.04 Å². The Balaban J connectivity index is 2.20. The maximum absolute atomic E-state index is 13.1. The summed E-state index contributed by atoms with van der Waals surface area (Å²) in [7, 11) is 0. The molecule has 0 aliphatic heterocycles. The van der Waals surface area contributed by atoms with Crippen molar-refractivity contribution in [1.29, 1.82) is 0 Å². The van der Waals surface area contributed by atoms with Crippen molar-refractivity contribution in [2.75, 3.05) is 0 Å². The largest absolute Gasteiger partial charge is 0.327 e. The average molecular weight is 201 g/mol. The summed E-state index contributed by atoms with van der Waals surface area (Å²) in [5.41, 5.74) is 5.75. The fourth-order valence-corrected chi connectivity index (χ4v) is 1.51. The standard InChI is InChI=1S/C10H10F3N/c11-7-4-9(13)8(12)2-5(7)1-6-3-10(6)14/h2,4,6,10H,1,3,14H2. The lowest BCUT2D eigenvalue weighted by atomic mass is 10.1. The number of hydrogen-bond acceptors (Lipinski definition) is 1. The topological polar surface area (TPSA) is 26.0 Å². The Labute approximate surface area is 79.7 Å². The minimum Gasteiger partial charge on any atom is -0.327 e. The molecule has 2 unspecified atom stereocenters. The van der Waals surface area contributed by atoms with Gasteiger partial charge >= 0.3 is 0 Å². The third kappa shape index (κ3) is 1.75. The van der Waals surface area contributed by atoms with E-state index in [1.807, 2.05) is 0 Å². The van der Waals surface area contributed by atoms with Crippen molar-refractivity contribution in [2.24, 2.45) is 11.7 Å². The summed E-state index contributed by atoms with van der Waals surface area (Å²) in [4.78, 5) is 0. The Bertz CT molecular complexity index is 365. The Morgan fingerprint density at radius 3 is 2.29 bits per heavy atom. The van der Waals surface area contributed by atoms with Gasteiger partial charge in [-0.3, -0.25) is 0 Å². The Kier molecular flexibility index (Phi) is 2.23. The highest BCUT2D eigenvalue weighted by Crippen LogP contribution is 2.32. The fourth-order valence-electron chi connectivity index (χ4n) is 1.51. The van der Waals surface area contributed by atoms with Gasteiger partial charge in [0.25, 0.3) is 0 Å². The van der Waals surface area contributed by atoms with E-state index in [4.69, 9.17) is 5.73 Å². The van der Waals surface area contributed by atoms with Gasteiger partial charge in [-0.25, -0.2) is 13.2 Å². The molecule has 0 heterocycles. The average Bonchev–Trinajstić information content (AvgIpc) is 2.78. The molecule has 1 nitrogen and oxygen atoms in total. The summed E-state index contributed by atoms with van der Waals surface area (Å²) < 4.78 is 38.4. The van der Waals surface area contributed by atoms with Crippen LogP contribution in [0.25, 0.3) is 0 Å². The monoisotopic (exact) mass is 201 g/mol. The molecule has 1 saturated carbocycles. The second-order valence-electron chi connectivity index (χ2n) is 3.72. The summed E-state index contributed by atoms with van der Waals surface area (Å²) >= 11 is 0. The van der Waals surface area contributed by atoms with Crippen LogP contribution in [0.15, 0.2) is 12.1 Å². The molecular weight excluding hydrogens is 191 g/mol. The van der Waals surface area contributed by atoms with Crippen molar-refractivity contribution in [3.05, 3.63) is 35.1 Å². The second-order valence-corrected chi connectivity index (χ2v) is 3.72. The van der Waals surface area contributed by atoms with Crippen LogP contribution in [0.4, 0.5) is 13.2 Å². The number of benzene rings is 1. The van der Waals surface area contributed by atoms with E-state index in [-0.39, 0.29) is 17.5 Å². The number of nitrogens with two attached hydrogens (primary N) is 1. The van der Waals surface area contributed by atoms with E-state index >= 15 is 0 Å². The van der Waals surface area contributed by atoms with E-state index in [9.17, 15) is 13.2 Å². The van der Waals surface area contributed by atoms with Gasteiger partial charge in [0.05, 0.1) is 0 Å². The molecule has 4 heteroatoms. The molecular formula is C10H10F3N. The smallest absolute Gasteiger partial charge is 0.161 e. The van der Waals surface area contributed by atoms with Crippen LogP contribution in [0.3, 0.4) is 0 Å². The molecule has 0 spiro atoms. The lowest BCUT2D eigenvalue weighted by molar-refractivity contribution is 0.488. The Morgan fingerprint density at radius 2 is 1.71 bits per heavy atom. The molecule has 14 heavy (non-hydrogen) atoms. The van der Waals surface area contributed by atoms with Crippen molar-refractivity contribution in [3.8, 4) is 0 Å². The van der Waals surface area contributed by atoms with Crippen LogP contribution in [0.2, 0.25) is 0 Å². The first-order valence-electron chi connectivity index (χ1n) is 4.47. The molecule has 0 aromatic heterocycles. The van der Waals surface area contributed by atoms with Crippen LogP contribution < -0.4 is 5.73 Å². The van der Waals surface area contributed by atoms with E-state index in [1.54, 1.807) is 0 Å². The molecule has 1 aromatic rings. The zero-order valence-electron chi connectivity index (χ0n) is 7.43. The van der Waals surface area contributed by atoms with Gasteiger partial charge in [0.2, 0.25) is 0 Å². The van der Waals surface area contributed by atoms with E-state index in [0.717, 1.165) is 12.5 Å². The molecule has 2 rings (SSSR count). The first kappa shape index (κ1) is 9.52. The first-order valence-corrected chi connectivity index (χ1v) is 4.47. The highest BCUT2D eigenvalue weighted by atomic mass is 19.2. The minimum atomic E-state index is -1.15. The maximum Gasteiger partial charge on any atom is 0.161 e. The van der Waals surface area contributed by atoms with Gasteiger partial charge in [0, 0.05) is 12.1 Å². The van der Waals surface area contributed by atoms with Crippen LogP contribution in [0.5, 0.6) is 0 Å². The Hall–Kier alpha value is -1.03. The third-order valence-corrected chi connectivity index (χ3v) is 2.55. The molecule has 1 aromatic carbocycles. The minimum absolute atomic E-state index is 0.0857. The highest BCUT2D eigenvalue weighted by Gasteiger charge is 2.34. The fraction of sp³-hybridized carbons (Fsp3) is 0.400. The predicted octanol–water partition coefficient (Wildman–Crippen LogP) is 1.99. The summed E-state index contributed by atoms with van der Waals surface area (Å²) in [5.74, 6) is -2.63. The van der Waals surface area contributed by atoms with E-state index in [2.05, 4.69) is 0 Å². The van der Waals surface area contributed by atoms with Gasteiger partial charge in [0.1, 0.15) is 5.82 Å². The second kappa shape index (κ2) is 3.28. The molecule has 2 N–H and O–H groups in total. The van der Waals surface area contributed by atoms with Gasteiger partial charge in [-0.2, -0.15) is 0 Å². The highest BCUT2D eigenvalue weighted by molar-refractivity contribution is 5.22. The van der Waals surface area contributed by atoms with Gasteiger partial charge < -0.3 is 5.73 Å². The van der Waals surface area contributed by atoms with Crippen molar-refractivity contribution >= 4 is 0 Å². The van der Waals surface area contributed by atoms with E-state index < -0.39 is 17.5 Å². The molecule has 2 atom stereocenters. The lowest BCUT2D eigenvalue weighted by Gasteiger charge is -2.02. The van der Waals surface area contributed by atoms with E-state index in [1.165, 1.54) is 0 Å². The van der Waals surface area contributed by atoms with Gasteiger partial charge in [-0.1, -0.05) is 0 Å². The van der Waals surface area contributed by atoms with Crippen molar-refractivity contribution in [2.45, 2.75) is 18.9 Å². The Morgan fingerprint density at radius 1 is 1.14 bits per heavy atom. The zero-order valence-corrected chi connectivity index (χ0v) is 7.43. The first-order chi connectivity index (χ1) is 6.58. The van der Waals surface area contributed by atoms with Gasteiger partial charge in [-0.05, 0) is 30.4 Å². The van der Waals surface area contributed by atoms with Crippen LogP contribution in [0, 0.1) is 23.4 Å². The van der Waals surface area contributed by atoms with E-state index in [0.29, 0.717) is 12.5 Å². The summed E-state index contributed by atoms with van der Waals surface area (Å²) in [6.07, 6.45) is 1.22. The molecule has 0 bridgehead atoms. The summed E-state index contributed by atoms with van der Waals surface area (Å²) in [6, 6.07) is 1.58. The van der Waals surface area contributed by atoms with Gasteiger partial charge in [-0.15, -0.1) is 0 Å². The molecule has 0 saturated heterocycles. The summed E-state index contributed by atoms with van der Waals surface area (Å²) in [6.45, 7) is 0. The molecule has 0 amide bonds. The van der Waals surface area contributed by atoms with Gasteiger partial charge in [0.15, 0.2) is 11.6 Å². The number of rotatable bonds is 2. The molecule has 1 aliphatic carbocycles. The lowest BCUT2D eigenvalue weighted by Crippen LogP contribution is -2.05. The number of hydrogen-bond donors (Lipinski definition) is 1. The normalized spacial score (nSPS) is 25.1. The van der Waals surface area contributed by atoms with Crippen LogP contribution in [-0.2, 0) is 6.42 Å². The maximum atomic E-state index is 13.1. The predicted molar refractivity (Wildman–Crippen MR) is 46.1 cm³/mol. The van der Waals surface area contributed by atoms with Crippen molar-refractivity contribution in [1.82, 2.24) is 0 Å². The van der Waals surface area contributed by atoms with Crippen LogP contribution in [0.1, 0.15) is 12.0 Å². The molecule has 1 aliphatic rings. The van der Waals surface area contributed by atoms with Crippen LogP contribution >= 0.6 is 0 Å². The number of halogens is 3. The summed E-state index contributed by atoms with van der Waals surface area (Å²) in [5, 5.41) is 0. The van der Waals surface area contributed by atoms with Crippen molar-refractivity contribution in [3.63, 3.8) is 0 Å². The third-order valence-electron chi connectivity index (χ3n) is 2.55. The molecule has 0 radical (unpaired) electrons. The molecule has 1 fully saturated rings. The SMILES string of the molecule is NC1CC1Cc1cc(F)c(F)cc1F. The zero-order chi connectivity index (χ0) is 10.3.